The van der Waals surface area contributed by atoms with Gasteiger partial charge in [0.05, 0.1) is 4.90 Å². The minimum atomic E-state index is -3.19. The monoisotopic (exact) mass is 174 g/mol. The van der Waals surface area contributed by atoms with E-state index in [4.69, 9.17) is 9.92 Å². The van der Waals surface area contributed by atoms with Gasteiger partial charge in [0.2, 0.25) is 0 Å². The molecular formula is C6H7FN2OS. The molecule has 1 aromatic carbocycles. The summed E-state index contributed by atoms with van der Waals surface area (Å²) in [5, 5.41) is 4.98. The molecule has 0 saturated carbocycles. The molecule has 1 rings (SSSR count). The molecule has 0 bridgehead atoms. The van der Waals surface area contributed by atoms with E-state index in [1.807, 2.05) is 0 Å². The molecule has 3 nitrogen and oxygen atoms in total. The minimum absolute atomic E-state index is 0.138. The number of halogens is 1. The van der Waals surface area contributed by atoms with Gasteiger partial charge in [-0.3, -0.25) is 0 Å². The van der Waals surface area contributed by atoms with Crippen molar-refractivity contribution >= 4 is 9.92 Å². The van der Waals surface area contributed by atoms with E-state index in [2.05, 4.69) is 0 Å². The van der Waals surface area contributed by atoms with Crippen LogP contribution < -0.4 is 5.14 Å². The lowest BCUT2D eigenvalue weighted by Gasteiger charge is -1.98. The van der Waals surface area contributed by atoms with Gasteiger partial charge in [-0.15, -0.1) is 0 Å². The van der Waals surface area contributed by atoms with E-state index in [1.54, 1.807) is 0 Å². The average molecular weight is 174 g/mol. The van der Waals surface area contributed by atoms with Crippen LogP contribution in [0.5, 0.6) is 0 Å². The fourth-order valence-electron chi connectivity index (χ4n) is 0.637. The zero-order valence-corrected chi connectivity index (χ0v) is 6.40. The first-order valence-electron chi connectivity index (χ1n) is 2.82. The number of hydrogen-bond donors (Lipinski definition) is 2. The number of nitrogens with two attached hydrogens (primary N) is 1. The van der Waals surface area contributed by atoms with Crippen molar-refractivity contribution in [2.45, 2.75) is 4.90 Å². The summed E-state index contributed by atoms with van der Waals surface area (Å²) in [5.74, 6) is -0.433. The molecule has 0 amide bonds. The van der Waals surface area contributed by atoms with Gasteiger partial charge in [0.15, 0.2) is 0 Å². The van der Waals surface area contributed by atoms with Crippen molar-refractivity contribution in [3.63, 3.8) is 0 Å². The molecule has 3 N–H and O–H groups in total. The number of benzene rings is 1. The highest BCUT2D eigenvalue weighted by Gasteiger charge is 2.01. The molecule has 0 spiro atoms. The lowest BCUT2D eigenvalue weighted by Crippen LogP contribution is -2.09. The van der Waals surface area contributed by atoms with Gasteiger partial charge in [-0.1, -0.05) is 0 Å². The van der Waals surface area contributed by atoms with Crippen LogP contribution in [0.15, 0.2) is 29.2 Å². The van der Waals surface area contributed by atoms with Gasteiger partial charge in [-0.25, -0.2) is 18.5 Å². The van der Waals surface area contributed by atoms with Crippen LogP contribution >= 0.6 is 0 Å². The third kappa shape index (κ3) is 1.99. The van der Waals surface area contributed by atoms with E-state index in [9.17, 15) is 8.60 Å². The van der Waals surface area contributed by atoms with Crippen molar-refractivity contribution in [2.75, 3.05) is 0 Å². The summed E-state index contributed by atoms with van der Waals surface area (Å²) in [6.45, 7) is 0. The summed E-state index contributed by atoms with van der Waals surface area (Å²) in [4.78, 5) is 0.138. The largest absolute Gasteiger partial charge is 0.241 e. The van der Waals surface area contributed by atoms with Crippen LogP contribution in [0.25, 0.3) is 0 Å². The van der Waals surface area contributed by atoms with Crippen molar-refractivity contribution < 1.29 is 8.60 Å². The van der Waals surface area contributed by atoms with Crippen LogP contribution in [0.1, 0.15) is 0 Å². The molecule has 0 aliphatic rings. The van der Waals surface area contributed by atoms with E-state index in [0.29, 0.717) is 0 Å². The number of hydrogen-bond acceptors (Lipinski definition) is 2. The summed E-state index contributed by atoms with van der Waals surface area (Å²) in [7, 11) is -3.19. The lowest BCUT2D eigenvalue weighted by atomic mass is 10.4. The summed E-state index contributed by atoms with van der Waals surface area (Å²) in [5.41, 5.74) is 0. The summed E-state index contributed by atoms with van der Waals surface area (Å²) < 4.78 is 30.0. The summed E-state index contributed by atoms with van der Waals surface area (Å²) in [6, 6.07) is 4.72. The SMILES string of the molecule is N=S(N)(=O)c1ccc(F)cc1. The first kappa shape index (κ1) is 8.16. The van der Waals surface area contributed by atoms with Gasteiger partial charge >= 0.3 is 0 Å². The fraction of sp³-hybridized carbons (Fsp3) is 0. The molecular weight excluding hydrogens is 167 g/mol. The van der Waals surface area contributed by atoms with Gasteiger partial charge in [0.1, 0.15) is 15.7 Å². The third-order valence-corrected chi connectivity index (χ3v) is 2.14. The zero-order chi connectivity index (χ0) is 8.48. The van der Waals surface area contributed by atoms with Crippen LogP contribution in [-0.4, -0.2) is 4.21 Å². The molecule has 0 fully saturated rings. The second kappa shape index (κ2) is 2.60. The first-order chi connectivity index (χ1) is 5.00. The highest BCUT2D eigenvalue weighted by molar-refractivity contribution is 7.90. The van der Waals surface area contributed by atoms with Crippen LogP contribution in [0, 0.1) is 10.6 Å². The van der Waals surface area contributed by atoms with Gasteiger partial charge in [-0.2, -0.15) is 0 Å². The van der Waals surface area contributed by atoms with Crippen LogP contribution in [-0.2, 0) is 9.92 Å². The third-order valence-electron chi connectivity index (χ3n) is 1.16. The van der Waals surface area contributed by atoms with Gasteiger partial charge in [-0.05, 0) is 24.3 Å². The van der Waals surface area contributed by atoms with E-state index in [1.165, 1.54) is 12.1 Å². The molecule has 0 radical (unpaired) electrons. The van der Waals surface area contributed by atoms with E-state index in [-0.39, 0.29) is 4.90 Å². The second-order valence-electron chi connectivity index (χ2n) is 2.05. The predicted molar refractivity (Wildman–Crippen MR) is 39.7 cm³/mol. The fourth-order valence-corrected chi connectivity index (χ4v) is 1.18. The Hall–Kier alpha value is -0.940. The Balaban J connectivity index is 3.20. The first-order valence-corrected chi connectivity index (χ1v) is 4.44. The highest BCUT2D eigenvalue weighted by Crippen LogP contribution is 2.07. The Kier molecular flexibility index (Phi) is 1.92. The molecule has 0 aliphatic carbocycles. The molecule has 0 aromatic heterocycles. The Labute approximate surface area is 64.1 Å². The Bertz CT molecular complexity index is 343. The maximum atomic E-state index is 12.3. The molecule has 0 saturated heterocycles. The summed E-state index contributed by atoms with van der Waals surface area (Å²) >= 11 is 0. The summed E-state index contributed by atoms with van der Waals surface area (Å²) in [6.07, 6.45) is 0. The molecule has 0 heterocycles. The van der Waals surface area contributed by atoms with Gasteiger partial charge in [0.25, 0.3) is 0 Å². The zero-order valence-electron chi connectivity index (χ0n) is 5.58. The van der Waals surface area contributed by atoms with E-state index < -0.39 is 15.7 Å². The standard InChI is InChI=1S/C6H7FN2OS/c7-5-1-3-6(4-2-5)11(8,9)10/h1-4H,(H3,8,9,10). The quantitative estimate of drug-likeness (QED) is 0.657. The van der Waals surface area contributed by atoms with Crippen molar-refractivity contribution in [3.8, 4) is 0 Å². The smallest absolute Gasteiger partial charge is 0.132 e. The molecule has 0 aliphatic heterocycles. The molecule has 5 heteroatoms. The van der Waals surface area contributed by atoms with Gasteiger partial charge in [0, 0.05) is 0 Å². The lowest BCUT2D eigenvalue weighted by molar-refractivity contribution is 0.626. The minimum Gasteiger partial charge on any atom is -0.241 e. The average Bonchev–Trinajstić information content (AvgIpc) is 1.86. The Morgan fingerprint density at radius 1 is 1.36 bits per heavy atom. The van der Waals surface area contributed by atoms with Crippen molar-refractivity contribution in [1.29, 1.82) is 4.78 Å². The molecule has 60 valence electrons. The molecule has 1 unspecified atom stereocenters. The predicted octanol–water partition coefficient (Wildman–Crippen LogP) is 1.11. The van der Waals surface area contributed by atoms with Crippen molar-refractivity contribution in [2.24, 2.45) is 5.14 Å². The van der Waals surface area contributed by atoms with Crippen LogP contribution in [0.4, 0.5) is 4.39 Å². The molecule has 1 aromatic rings. The Morgan fingerprint density at radius 3 is 2.18 bits per heavy atom. The van der Waals surface area contributed by atoms with Gasteiger partial charge < -0.3 is 0 Å². The maximum Gasteiger partial charge on any atom is 0.132 e. The normalized spacial score (nSPS) is 15.8. The number of nitrogens with one attached hydrogen (secondary N) is 1. The molecule has 1 atom stereocenters. The molecule has 11 heavy (non-hydrogen) atoms. The number of rotatable bonds is 1. The topological polar surface area (TPSA) is 66.9 Å². The van der Waals surface area contributed by atoms with Crippen LogP contribution in [0.2, 0.25) is 0 Å². The Morgan fingerprint density at radius 2 is 1.82 bits per heavy atom. The van der Waals surface area contributed by atoms with E-state index >= 15 is 0 Å². The highest BCUT2D eigenvalue weighted by atomic mass is 32.2. The second-order valence-corrected chi connectivity index (χ2v) is 3.73. The van der Waals surface area contributed by atoms with Crippen LogP contribution in [0.3, 0.4) is 0 Å². The van der Waals surface area contributed by atoms with E-state index in [0.717, 1.165) is 12.1 Å². The van der Waals surface area contributed by atoms with Crippen molar-refractivity contribution in [3.05, 3.63) is 30.1 Å². The van der Waals surface area contributed by atoms with Crippen molar-refractivity contribution in [1.82, 2.24) is 0 Å². The maximum absolute atomic E-state index is 12.3.